The van der Waals surface area contributed by atoms with Crippen molar-refractivity contribution in [2.75, 3.05) is 38.1 Å². The van der Waals surface area contributed by atoms with Crippen LogP contribution in [0.5, 0.6) is 0 Å². The van der Waals surface area contributed by atoms with Gasteiger partial charge in [0.2, 0.25) is 11.8 Å². The first-order chi connectivity index (χ1) is 13.6. The third-order valence-corrected chi connectivity index (χ3v) is 5.71. The second-order valence-electron chi connectivity index (χ2n) is 7.31. The van der Waals surface area contributed by atoms with Crippen molar-refractivity contribution >= 4 is 17.5 Å². The fraction of sp³-hybridized carbons (Fsp3) is 0.381. The molecule has 0 unspecified atom stereocenters. The molecular formula is C21H23FN4O2. The molecule has 3 heterocycles. The van der Waals surface area contributed by atoms with E-state index in [1.54, 1.807) is 41.4 Å². The Morgan fingerprint density at radius 2 is 1.86 bits per heavy atom. The largest absolute Gasteiger partial charge is 0.366 e. The van der Waals surface area contributed by atoms with E-state index < -0.39 is 5.92 Å². The maximum atomic E-state index is 14.0. The molecular weight excluding hydrogens is 359 g/mol. The summed E-state index contributed by atoms with van der Waals surface area (Å²) >= 11 is 0. The van der Waals surface area contributed by atoms with Crippen LogP contribution in [0.4, 0.5) is 10.1 Å². The van der Waals surface area contributed by atoms with Crippen molar-refractivity contribution in [3.63, 3.8) is 0 Å². The van der Waals surface area contributed by atoms with Gasteiger partial charge in [0.05, 0.1) is 17.6 Å². The Morgan fingerprint density at radius 3 is 2.54 bits per heavy atom. The number of hydrogen-bond acceptors (Lipinski definition) is 4. The molecule has 0 radical (unpaired) electrons. The highest BCUT2D eigenvalue weighted by molar-refractivity contribution is 5.90. The fourth-order valence-electron chi connectivity index (χ4n) is 4.21. The summed E-state index contributed by atoms with van der Waals surface area (Å²) in [4.78, 5) is 35.1. The number of rotatable bonds is 3. The Kier molecular flexibility index (Phi) is 4.98. The van der Waals surface area contributed by atoms with Crippen LogP contribution in [0.2, 0.25) is 0 Å². The first-order valence-electron chi connectivity index (χ1n) is 9.50. The van der Waals surface area contributed by atoms with E-state index in [1.165, 1.54) is 6.07 Å². The molecule has 2 aliphatic heterocycles. The maximum Gasteiger partial charge on any atom is 0.228 e. The van der Waals surface area contributed by atoms with Crippen LogP contribution < -0.4 is 4.90 Å². The van der Waals surface area contributed by atoms with Crippen molar-refractivity contribution in [3.05, 3.63) is 60.2 Å². The van der Waals surface area contributed by atoms with Gasteiger partial charge in [-0.3, -0.25) is 14.6 Å². The zero-order valence-corrected chi connectivity index (χ0v) is 15.8. The summed E-state index contributed by atoms with van der Waals surface area (Å²) in [6.45, 7) is 2.17. The second kappa shape index (κ2) is 7.58. The van der Waals surface area contributed by atoms with Crippen molar-refractivity contribution in [2.24, 2.45) is 5.92 Å². The molecule has 0 aliphatic carbocycles. The number of carbonyl (C=O) groups is 2. The monoisotopic (exact) mass is 382 g/mol. The van der Waals surface area contributed by atoms with E-state index in [1.807, 2.05) is 23.1 Å². The van der Waals surface area contributed by atoms with E-state index in [9.17, 15) is 14.0 Å². The lowest BCUT2D eigenvalue weighted by Crippen LogP contribution is -2.51. The molecule has 146 valence electrons. The molecule has 4 rings (SSSR count). The molecule has 0 bridgehead atoms. The Hall–Kier alpha value is -2.96. The first kappa shape index (κ1) is 18.4. The van der Waals surface area contributed by atoms with E-state index in [0.717, 1.165) is 5.56 Å². The second-order valence-corrected chi connectivity index (χ2v) is 7.31. The molecule has 2 atom stereocenters. The van der Waals surface area contributed by atoms with Gasteiger partial charge in [0.1, 0.15) is 5.82 Å². The summed E-state index contributed by atoms with van der Waals surface area (Å²) in [6, 6.07) is 10.1. The number of anilines is 1. The summed E-state index contributed by atoms with van der Waals surface area (Å²) in [5.41, 5.74) is 1.44. The minimum Gasteiger partial charge on any atom is -0.366 e. The van der Waals surface area contributed by atoms with Crippen LogP contribution in [-0.2, 0) is 9.59 Å². The van der Waals surface area contributed by atoms with E-state index >= 15 is 0 Å². The quantitative estimate of drug-likeness (QED) is 0.816. The lowest BCUT2D eigenvalue weighted by atomic mass is 9.93. The average Bonchev–Trinajstić information content (AvgIpc) is 3.03. The van der Waals surface area contributed by atoms with Gasteiger partial charge in [-0.15, -0.1) is 0 Å². The SMILES string of the molecule is CN1C(=O)C[C@H](C(=O)N2CCN(c3ccccc3F)CC2)[C@H]1c1cccnc1. The molecule has 28 heavy (non-hydrogen) atoms. The van der Waals surface area contributed by atoms with Crippen molar-refractivity contribution < 1.29 is 14.0 Å². The summed E-state index contributed by atoms with van der Waals surface area (Å²) in [7, 11) is 1.74. The third-order valence-electron chi connectivity index (χ3n) is 5.71. The van der Waals surface area contributed by atoms with Crippen molar-refractivity contribution in [3.8, 4) is 0 Å². The number of nitrogens with zero attached hydrogens (tertiary/aromatic N) is 4. The predicted molar refractivity (Wildman–Crippen MR) is 103 cm³/mol. The summed E-state index contributed by atoms with van der Waals surface area (Å²) < 4.78 is 14.0. The smallest absolute Gasteiger partial charge is 0.228 e. The van der Waals surface area contributed by atoms with Crippen molar-refractivity contribution in [1.82, 2.24) is 14.8 Å². The van der Waals surface area contributed by atoms with Gasteiger partial charge in [0, 0.05) is 52.0 Å². The number of piperazine rings is 1. The minimum atomic E-state index is -0.415. The Bertz CT molecular complexity index is 868. The lowest BCUT2D eigenvalue weighted by Gasteiger charge is -2.38. The van der Waals surface area contributed by atoms with Crippen LogP contribution in [0.15, 0.2) is 48.8 Å². The van der Waals surface area contributed by atoms with Crippen molar-refractivity contribution in [2.45, 2.75) is 12.5 Å². The van der Waals surface area contributed by atoms with Crippen LogP contribution >= 0.6 is 0 Å². The summed E-state index contributed by atoms with van der Waals surface area (Å²) in [5.74, 6) is -0.708. The molecule has 2 amide bonds. The number of pyridine rings is 1. The normalized spacial score (nSPS) is 22.6. The Balaban J connectivity index is 1.47. The van der Waals surface area contributed by atoms with Crippen LogP contribution in [0.3, 0.4) is 0 Å². The highest BCUT2D eigenvalue weighted by atomic mass is 19.1. The number of carbonyl (C=O) groups excluding carboxylic acids is 2. The highest BCUT2D eigenvalue weighted by Crippen LogP contribution is 2.38. The molecule has 0 saturated carbocycles. The van der Waals surface area contributed by atoms with E-state index in [-0.39, 0.29) is 30.1 Å². The van der Waals surface area contributed by atoms with E-state index in [4.69, 9.17) is 0 Å². The van der Waals surface area contributed by atoms with E-state index in [2.05, 4.69) is 4.98 Å². The summed E-state index contributed by atoms with van der Waals surface area (Å²) in [6.07, 6.45) is 3.61. The maximum absolute atomic E-state index is 14.0. The fourth-order valence-corrected chi connectivity index (χ4v) is 4.21. The number of likely N-dealkylation sites (tertiary alicyclic amines) is 1. The van der Waals surface area contributed by atoms with Gasteiger partial charge in [-0.2, -0.15) is 0 Å². The highest BCUT2D eigenvalue weighted by Gasteiger charge is 2.44. The first-order valence-corrected chi connectivity index (χ1v) is 9.50. The molecule has 2 fully saturated rings. The molecule has 6 nitrogen and oxygen atoms in total. The number of hydrogen-bond donors (Lipinski definition) is 0. The molecule has 2 aromatic rings. The topological polar surface area (TPSA) is 56.8 Å². The summed E-state index contributed by atoms with van der Waals surface area (Å²) in [5, 5.41) is 0. The zero-order valence-electron chi connectivity index (χ0n) is 15.8. The van der Waals surface area contributed by atoms with Gasteiger partial charge in [-0.25, -0.2) is 4.39 Å². The van der Waals surface area contributed by atoms with Gasteiger partial charge in [0.15, 0.2) is 0 Å². The van der Waals surface area contributed by atoms with Crippen LogP contribution in [-0.4, -0.2) is 59.8 Å². The lowest BCUT2D eigenvalue weighted by molar-refractivity contribution is -0.136. The number of aromatic nitrogens is 1. The minimum absolute atomic E-state index is 0.0141. The number of halogens is 1. The molecule has 2 saturated heterocycles. The molecule has 2 aliphatic rings. The molecule has 0 N–H and O–H groups in total. The molecule has 7 heteroatoms. The molecule has 0 spiro atoms. The standard InChI is InChI=1S/C21H23FN4O2/c1-24-19(27)13-16(20(24)15-5-4-8-23-14-15)21(28)26-11-9-25(10-12-26)18-7-3-2-6-17(18)22/h2-8,14,16,20H,9-13H2,1H3/t16-,20+/m0/s1. The van der Waals surface area contributed by atoms with Crippen molar-refractivity contribution in [1.29, 1.82) is 0 Å². The number of amides is 2. The van der Waals surface area contributed by atoms with Crippen LogP contribution in [0.1, 0.15) is 18.0 Å². The Morgan fingerprint density at radius 1 is 1.11 bits per heavy atom. The van der Waals surface area contributed by atoms with Crippen LogP contribution in [0, 0.1) is 11.7 Å². The number of benzene rings is 1. The predicted octanol–water partition coefficient (Wildman–Crippen LogP) is 2.09. The zero-order chi connectivity index (χ0) is 19.7. The van der Waals surface area contributed by atoms with Gasteiger partial charge in [-0.1, -0.05) is 18.2 Å². The van der Waals surface area contributed by atoms with E-state index in [0.29, 0.717) is 31.9 Å². The van der Waals surface area contributed by atoms with Gasteiger partial charge < -0.3 is 14.7 Å². The molecule has 1 aromatic carbocycles. The third kappa shape index (κ3) is 3.32. The average molecular weight is 382 g/mol. The van der Waals surface area contributed by atoms with Gasteiger partial charge >= 0.3 is 0 Å². The van der Waals surface area contributed by atoms with Crippen LogP contribution in [0.25, 0.3) is 0 Å². The van der Waals surface area contributed by atoms with Gasteiger partial charge in [0.25, 0.3) is 0 Å². The Labute approximate surface area is 163 Å². The molecule has 1 aromatic heterocycles. The van der Waals surface area contributed by atoms with Gasteiger partial charge in [-0.05, 0) is 23.8 Å². The number of para-hydroxylation sites is 1.